The van der Waals surface area contributed by atoms with E-state index in [9.17, 15) is 15.3 Å². The molecule has 0 radical (unpaired) electrons. The zero-order chi connectivity index (χ0) is 10.4. The quantitative estimate of drug-likeness (QED) is 0.321. The van der Waals surface area contributed by atoms with E-state index in [0.29, 0.717) is 0 Å². The van der Waals surface area contributed by atoms with Gasteiger partial charge in [0.05, 0.1) is 13.2 Å². The molecule has 0 aromatic rings. The van der Waals surface area contributed by atoms with Gasteiger partial charge < -0.3 is 25.8 Å². The van der Waals surface area contributed by atoms with Crippen LogP contribution in [0.15, 0.2) is 12.2 Å². The molecule has 5 nitrogen and oxygen atoms in total. The summed E-state index contributed by atoms with van der Waals surface area (Å²) in [6, 6.07) is 0. The van der Waals surface area contributed by atoms with E-state index in [1.807, 2.05) is 0 Å². The van der Waals surface area contributed by atoms with Crippen molar-refractivity contribution in [3.05, 3.63) is 12.2 Å². The van der Waals surface area contributed by atoms with Gasteiger partial charge in [0.1, 0.15) is 16.9 Å². The molecule has 5 N–H and O–H groups in total. The van der Waals surface area contributed by atoms with E-state index in [-0.39, 0.29) is 26.1 Å². The molecule has 1 saturated heterocycles. The largest absolute Gasteiger partial charge is 0.393 e. The minimum Gasteiger partial charge on any atom is -0.393 e. The lowest BCUT2D eigenvalue weighted by atomic mass is 9.85. The van der Waals surface area contributed by atoms with Crippen molar-refractivity contribution in [1.82, 2.24) is 0 Å². The first-order chi connectivity index (χ1) is 6.45. The Morgan fingerprint density at radius 1 is 1.14 bits per heavy atom. The van der Waals surface area contributed by atoms with E-state index in [0.717, 1.165) is 0 Å². The van der Waals surface area contributed by atoms with Crippen molar-refractivity contribution in [3.63, 3.8) is 0 Å². The lowest BCUT2D eigenvalue weighted by molar-refractivity contribution is -0.215. The Labute approximate surface area is 81.8 Å². The Morgan fingerprint density at radius 3 is 1.93 bits per heavy atom. The Balaban J connectivity index is 2.32. The molecule has 0 saturated carbocycles. The van der Waals surface area contributed by atoms with E-state index in [4.69, 9.17) is 10.5 Å². The minimum absolute atomic E-state index is 0.148. The molecule has 80 valence electrons. The van der Waals surface area contributed by atoms with Crippen LogP contribution in [0.25, 0.3) is 0 Å². The predicted octanol–water partition coefficient (Wildman–Crippen LogP) is -1.52. The first-order valence-corrected chi connectivity index (χ1v) is 4.58. The summed E-state index contributed by atoms with van der Waals surface area (Å²) in [5, 5.41) is 28.2. The van der Waals surface area contributed by atoms with Crippen LogP contribution in [-0.4, -0.2) is 45.5 Å². The average Bonchev–Trinajstić information content (AvgIpc) is 2.40. The summed E-state index contributed by atoms with van der Waals surface area (Å²) in [4.78, 5) is 0. The maximum absolute atomic E-state index is 9.78. The second-order valence-corrected chi connectivity index (χ2v) is 4.34. The first-order valence-electron chi connectivity index (χ1n) is 4.58. The average molecular weight is 201 g/mol. The van der Waals surface area contributed by atoms with Crippen molar-refractivity contribution < 1.29 is 20.1 Å². The van der Waals surface area contributed by atoms with Crippen molar-refractivity contribution in [1.29, 1.82) is 0 Å². The monoisotopic (exact) mass is 201 g/mol. The summed E-state index contributed by atoms with van der Waals surface area (Å²) in [6.45, 7) is -0.491. The normalized spacial score (nSPS) is 51.1. The Kier molecular flexibility index (Phi) is 1.99. The molecule has 0 aromatic heterocycles. The topological polar surface area (TPSA) is 95.9 Å². The van der Waals surface area contributed by atoms with Crippen LogP contribution in [0.1, 0.15) is 12.8 Å². The molecule has 0 unspecified atom stereocenters. The zero-order valence-corrected chi connectivity index (χ0v) is 7.81. The maximum atomic E-state index is 9.78. The zero-order valence-electron chi connectivity index (χ0n) is 7.81. The fourth-order valence-corrected chi connectivity index (χ4v) is 2.35. The number of aliphatic hydroxyl groups is 3. The van der Waals surface area contributed by atoms with Crippen LogP contribution in [0, 0.1) is 0 Å². The molecule has 1 fully saturated rings. The number of aliphatic hydroxyl groups excluding tert-OH is 2. The van der Waals surface area contributed by atoms with Crippen LogP contribution >= 0.6 is 0 Å². The fraction of sp³-hybridized carbons (Fsp3) is 0.778. The molecule has 14 heavy (non-hydrogen) atoms. The Hall–Kier alpha value is -0.460. The van der Waals surface area contributed by atoms with Crippen LogP contribution < -0.4 is 5.73 Å². The summed E-state index contributed by atoms with van der Waals surface area (Å²) in [5.41, 5.74) is 2.39. The highest BCUT2D eigenvalue weighted by atomic mass is 16.6. The lowest BCUT2D eigenvalue weighted by Crippen LogP contribution is -2.60. The van der Waals surface area contributed by atoms with Gasteiger partial charge in [-0.3, -0.25) is 0 Å². The maximum Gasteiger partial charge on any atom is 0.119 e. The van der Waals surface area contributed by atoms with E-state index in [1.165, 1.54) is 0 Å². The predicted molar refractivity (Wildman–Crippen MR) is 48.2 cm³/mol. The molecule has 2 heterocycles. The number of hydrogen-bond donors (Lipinski definition) is 4. The van der Waals surface area contributed by atoms with Crippen LogP contribution in [0.3, 0.4) is 0 Å². The van der Waals surface area contributed by atoms with Gasteiger partial charge in [-0.15, -0.1) is 0 Å². The summed E-state index contributed by atoms with van der Waals surface area (Å²) >= 11 is 0. The molecule has 3 atom stereocenters. The first kappa shape index (κ1) is 10.1. The third kappa shape index (κ3) is 1.37. The van der Waals surface area contributed by atoms with Gasteiger partial charge in [-0.2, -0.15) is 0 Å². The number of nitrogens with two attached hydrogens (primary N) is 1. The van der Waals surface area contributed by atoms with Crippen molar-refractivity contribution in [3.8, 4) is 0 Å². The van der Waals surface area contributed by atoms with Gasteiger partial charge in [0.15, 0.2) is 0 Å². The lowest BCUT2D eigenvalue weighted by Gasteiger charge is -2.45. The van der Waals surface area contributed by atoms with E-state index >= 15 is 0 Å². The van der Waals surface area contributed by atoms with E-state index in [1.54, 1.807) is 12.2 Å². The molecular weight excluding hydrogens is 186 g/mol. The second-order valence-electron chi connectivity index (χ2n) is 4.34. The van der Waals surface area contributed by atoms with Crippen LogP contribution in [0.5, 0.6) is 0 Å². The third-order valence-corrected chi connectivity index (χ3v) is 2.84. The smallest absolute Gasteiger partial charge is 0.119 e. The van der Waals surface area contributed by atoms with Crippen molar-refractivity contribution in [2.75, 3.05) is 13.2 Å². The molecule has 0 amide bonds. The van der Waals surface area contributed by atoms with Crippen LogP contribution in [0.4, 0.5) is 0 Å². The molecular formula is C9H15NO4. The summed E-state index contributed by atoms with van der Waals surface area (Å²) in [5.74, 6) is 0. The van der Waals surface area contributed by atoms with Gasteiger partial charge >= 0.3 is 0 Å². The molecule has 2 rings (SSSR count). The highest BCUT2D eigenvalue weighted by Crippen LogP contribution is 2.45. The number of rotatable bonds is 2. The minimum atomic E-state index is -1.40. The van der Waals surface area contributed by atoms with Gasteiger partial charge in [-0.1, -0.05) is 12.2 Å². The molecule has 2 aliphatic heterocycles. The van der Waals surface area contributed by atoms with Gasteiger partial charge in [-0.25, -0.2) is 0 Å². The number of ether oxygens (including phenoxy) is 1. The number of hydrogen-bond acceptors (Lipinski definition) is 5. The van der Waals surface area contributed by atoms with Crippen molar-refractivity contribution >= 4 is 0 Å². The molecule has 0 aromatic carbocycles. The van der Waals surface area contributed by atoms with Gasteiger partial charge in [0.25, 0.3) is 0 Å². The summed E-state index contributed by atoms with van der Waals surface area (Å²) < 4.78 is 5.56. The Morgan fingerprint density at radius 2 is 1.57 bits per heavy atom. The highest BCUT2D eigenvalue weighted by molar-refractivity contribution is 5.24. The van der Waals surface area contributed by atoms with Gasteiger partial charge in [-0.05, 0) is 0 Å². The van der Waals surface area contributed by atoms with E-state index in [2.05, 4.69) is 0 Å². The number of fused-ring (bicyclic) bond motifs is 2. The van der Waals surface area contributed by atoms with Crippen LogP contribution in [0.2, 0.25) is 0 Å². The second kappa shape index (κ2) is 2.77. The van der Waals surface area contributed by atoms with E-state index < -0.39 is 16.9 Å². The molecule has 2 bridgehead atoms. The van der Waals surface area contributed by atoms with Gasteiger partial charge in [0, 0.05) is 12.8 Å². The molecule has 2 aliphatic rings. The van der Waals surface area contributed by atoms with Crippen LogP contribution in [-0.2, 0) is 4.74 Å². The summed E-state index contributed by atoms with van der Waals surface area (Å²) in [7, 11) is 0. The Bertz CT molecular complexity index is 254. The van der Waals surface area contributed by atoms with Crippen molar-refractivity contribution in [2.24, 2.45) is 5.73 Å². The van der Waals surface area contributed by atoms with Crippen molar-refractivity contribution in [2.45, 2.75) is 29.8 Å². The standard InChI is InChI=1S/C9H15NO4/c10-9(13)3-7(5-11)1-2-8(4-9,6-12)14-7/h1-2,11-13H,3-6,10H2/t7-,8+,9+. The van der Waals surface area contributed by atoms with Gasteiger partial charge in [0.2, 0.25) is 0 Å². The molecule has 0 spiro atoms. The third-order valence-electron chi connectivity index (χ3n) is 2.84. The SMILES string of the molecule is N[C@]1(O)C[C@@]2(CO)C=C[C@@](CO)(C1)O2. The molecule has 5 heteroatoms. The highest BCUT2D eigenvalue weighted by Gasteiger charge is 2.55. The fourth-order valence-electron chi connectivity index (χ4n) is 2.35. The summed E-state index contributed by atoms with van der Waals surface area (Å²) in [6.07, 6.45) is 3.64. The molecule has 0 aliphatic carbocycles.